The summed E-state index contributed by atoms with van der Waals surface area (Å²) in [4.78, 5) is 0. The van der Waals surface area contributed by atoms with Gasteiger partial charge < -0.3 is 4.74 Å². The Labute approximate surface area is 76.9 Å². The van der Waals surface area contributed by atoms with Crippen molar-refractivity contribution in [1.29, 1.82) is 0 Å². The molecule has 0 radical (unpaired) electrons. The highest BCUT2D eigenvalue weighted by molar-refractivity contribution is 7.86. The van der Waals surface area contributed by atoms with Gasteiger partial charge in [-0.15, -0.1) is 0 Å². The molecule has 1 rings (SSSR count). The summed E-state index contributed by atoms with van der Waals surface area (Å²) in [5, 5.41) is 0. The van der Waals surface area contributed by atoms with Crippen molar-refractivity contribution in [2.45, 2.75) is 12.4 Å². The first kappa shape index (κ1) is 10.0. The summed E-state index contributed by atoms with van der Waals surface area (Å²) < 4.78 is 34.7. The molecule has 0 aromatic heterocycles. The number of ether oxygens (including phenoxy) is 1. The Morgan fingerprint density at radius 1 is 1.31 bits per heavy atom. The summed E-state index contributed by atoms with van der Waals surface area (Å²) in [6.45, 7) is 1.27. The average molecular weight is 202 g/mol. The smallest absolute Gasteiger partial charge is 0.303 e. The maximum Gasteiger partial charge on any atom is 0.303 e. The van der Waals surface area contributed by atoms with Crippen molar-refractivity contribution in [3.05, 3.63) is 30.3 Å². The van der Waals surface area contributed by atoms with Gasteiger partial charge in [0, 0.05) is 0 Å². The van der Waals surface area contributed by atoms with Crippen LogP contribution in [0.1, 0.15) is 6.92 Å². The molecule has 0 spiro atoms. The highest BCUT2D eigenvalue weighted by Crippen LogP contribution is 2.12. The maximum absolute atomic E-state index is 10.6. The molecular weight excluding hydrogens is 192 g/mol. The van der Waals surface area contributed by atoms with E-state index in [1.165, 1.54) is 6.92 Å². The molecule has 72 valence electrons. The molecule has 0 heterocycles. The van der Waals surface area contributed by atoms with Crippen molar-refractivity contribution >= 4 is 10.1 Å². The first-order valence-corrected chi connectivity index (χ1v) is 5.18. The van der Waals surface area contributed by atoms with Gasteiger partial charge in [-0.2, -0.15) is 8.42 Å². The second kappa shape index (κ2) is 3.76. The van der Waals surface area contributed by atoms with Crippen molar-refractivity contribution in [3.63, 3.8) is 0 Å². The fourth-order valence-electron chi connectivity index (χ4n) is 0.752. The Kier molecular flexibility index (Phi) is 2.90. The third-order valence-corrected chi connectivity index (χ3v) is 2.40. The molecule has 13 heavy (non-hydrogen) atoms. The van der Waals surface area contributed by atoms with Crippen LogP contribution in [0.25, 0.3) is 0 Å². The molecule has 0 saturated carbocycles. The number of hydrogen-bond donors (Lipinski definition) is 1. The molecule has 0 saturated heterocycles. The van der Waals surface area contributed by atoms with Gasteiger partial charge in [-0.3, -0.25) is 4.55 Å². The molecule has 1 unspecified atom stereocenters. The molecular formula is C8H10O4S. The minimum Gasteiger partial charge on any atom is -0.472 e. The molecule has 0 aliphatic carbocycles. The molecule has 0 aliphatic rings. The Balaban J connectivity index is 2.72. The highest BCUT2D eigenvalue weighted by atomic mass is 32.2. The monoisotopic (exact) mass is 202 g/mol. The average Bonchev–Trinajstić information content (AvgIpc) is 2.04. The van der Waals surface area contributed by atoms with E-state index in [-0.39, 0.29) is 0 Å². The van der Waals surface area contributed by atoms with Crippen LogP contribution in [0.15, 0.2) is 30.3 Å². The van der Waals surface area contributed by atoms with Gasteiger partial charge in [0.1, 0.15) is 5.75 Å². The second-order valence-electron chi connectivity index (χ2n) is 2.51. The van der Waals surface area contributed by atoms with Crippen LogP contribution < -0.4 is 4.74 Å². The summed E-state index contributed by atoms with van der Waals surface area (Å²) in [6.07, 6.45) is 0. The van der Waals surface area contributed by atoms with Crippen molar-refractivity contribution in [3.8, 4) is 5.75 Å². The minimum atomic E-state index is -4.12. The molecule has 1 atom stereocenters. The van der Waals surface area contributed by atoms with E-state index in [1.807, 2.05) is 0 Å². The molecule has 5 heteroatoms. The van der Waals surface area contributed by atoms with Gasteiger partial charge in [-0.05, 0) is 19.1 Å². The van der Waals surface area contributed by atoms with Crippen molar-refractivity contribution in [2.75, 3.05) is 0 Å². The number of hydrogen-bond acceptors (Lipinski definition) is 3. The van der Waals surface area contributed by atoms with Crippen molar-refractivity contribution in [1.82, 2.24) is 0 Å². The first-order chi connectivity index (χ1) is 6.00. The van der Waals surface area contributed by atoms with Gasteiger partial charge in [-0.25, -0.2) is 0 Å². The lowest BCUT2D eigenvalue weighted by atomic mass is 10.3. The largest absolute Gasteiger partial charge is 0.472 e. The van der Waals surface area contributed by atoms with Gasteiger partial charge in [0.25, 0.3) is 0 Å². The first-order valence-electron chi connectivity index (χ1n) is 3.68. The molecule has 1 N–H and O–H groups in total. The summed E-state index contributed by atoms with van der Waals surface area (Å²) >= 11 is 0. The molecule has 0 bridgehead atoms. The fourth-order valence-corrected chi connectivity index (χ4v) is 0.984. The van der Waals surface area contributed by atoms with Crippen LogP contribution in [0.4, 0.5) is 0 Å². The maximum atomic E-state index is 10.6. The third kappa shape index (κ3) is 3.04. The van der Waals surface area contributed by atoms with Crippen LogP contribution in [0.3, 0.4) is 0 Å². The number of para-hydroxylation sites is 1. The normalized spacial score (nSPS) is 13.7. The second-order valence-corrected chi connectivity index (χ2v) is 4.21. The van der Waals surface area contributed by atoms with E-state index in [1.54, 1.807) is 30.3 Å². The SMILES string of the molecule is CC(Oc1ccccc1)S(=O)(=O)O. The third-order valence-electron chi connectivity index (χ3n) is 1.46. The molecule has 0 amide bonds. The Bertz CT molecular complexity index is 357. The van der Waals surface area contributed by atoms with Crippen molar-refractivity contribution in [2.24, 2.45) is 0 Å². The molecule has 1 aromatic rings. The van der Waals surface area contributed by atoms with Crippen LogP contribution in [-0.4, -0.2) is 18.4 Å². The fraction of sp³-hybridized carbons (Fsp3) is 0.250. The zero-order valence-corrected chi connectivity index (χ0v) is 7.86. The molecule has 0 aliphatic heterocycles. The van der Waals surface area contributed by atoms with E-state index < -0.39 is 15.6 Å². The van der Waals surface area contributed by atoms with E-state index in [2.05, 4.69) is 0 Å². The van der Waals surface area contributed by atoms with Gasteiger partial charge in [0.15, 0.2) is 0 Å². The zero-order chi connectivity index (χ0) is 9.90. The van der Waals surface area contributed by atoms with E-state index in [0.29, 0.717) is 5.75 Å². The lowest BCUT2D eigenvalue weighted by Gasteiger charge is -2.10. The van der Waals surface area contributed by atoms with E-state index in [4.69, 9.17) is 9.29 Å². The minimum absolute atomic E-state index is 0.410. The van der Waals surface area contributed by atoms with Crippen LogP contribution in [-0.2, 0) is 10.1 Å². The van der Waals surface area contributed by atoms with E-state index in [0.717, 1.165) is 0 Å². The lowest BCUT2D eigenvalue weighted by Crippen LogP contribution is -2.22. The summed E-state index contributed by atoms with van der Waals surface area (Å²) in [5.74, 6) is 0.410. The van der Waals surface area contributed by atoms with E-state index in [9.17, 15) is 8.42 Å². The van der Waals surface area contributed by atoms with Crippen LogP contribution in [0, 0.1) is 0 Å². The predicted octanol–water partition coefficient (Wildman–Crippen LogP) is 1.30. The predicted molar refractivity (Wildman–Crippen MR) is 48.1 cm³/mol. The van der Waals surface area contributed by atoms with E-state index >= 15 is 0 Å². The van der Waals surface area contributed by atoms with Gasteiger partial charge >= 0.3 is 10.1 Å². The topological polar surface area (TPSA) is 63.6 Å². The molecule has 4 nitrogen and oxygen atoms in total. The summed E-state index contributed by atoms with van der Waals surface area (Å²) in [6, 6.07) is 8.44. The molecule has 1 aromatic carbocycles. The highest BCUT2D eigenvalue weighted by Gasteiger charge is 2.18. The standard InChI is InChI=1S/C8H10O4S/c1-7(13(9,10)11)12-8-5-3-2-4-6-8/h2-7H,1H3,(H,9,10,11). The van der Waals surface area contributed by atoms with Crippen molar-refractivity contribution < 1.29 is 17.7 Å². The van der Waals surface area contributed by atoms with Gasteiger partial charge in [0.2, 0.25) is 5.44 Å². The molecule has 0 fully saturated rings. The lowest BCUT2D eigenvalue weighted by molar-refractivity contribution is 0.274. The summed E-state index contributed by atoms with van der Waals surface area (Å²) in [5.41, 5.74) is -1.24. The Hall–Kier alpha value is -1.07. The Morgan fingerprint density at radius 2 is 1.85 bits per heavy atom. The van der Waals surface area contributed by atoms with Crippen LogP contribution in [0.5, 0.6) is 5.75 Å². The van der Waals surface area contributed by atoms with Gasteiger partial charge in [-0.1, -0.05) is 18.2 Å². The van der Waals surface area contributed by atoms with Gasteiger partial charge in [0.05, 0.1) is 0 Å². The van der Waals surface area contributed by atoms with Crippen LogP contribution >= 0.6 is 0 Å². The quantitative estimate of drug-likeness (QED) is 0.750. The zero-order valence-electron chi connectivity index (χ0n) is 7.04. The Morgan fingerprint density at radius 3 is 2.31 bits per heavy atom. The van der Waals surface area contributed by atoms with Crippen LogP contribution in [0.2, 0.25) is 0 Å². The number of benzene rings is 1. The number of rotatable bonds is 3. The summed E-state index contributed by atoms with van der Waals surface area (Å²) in [7, 11) is -4.12.